The van der Waals surface area contributed by atoms with Gasteiger partial charge in [0, 0.05) is 18.5 Å². The van der Waals surface area contributed by atoms with Gasteiger partial charge in [-0.25, -0.2) is 0 Å². The smallest absolute Gasteiger partial charge is 0.193 e. The predicted octanol–water partition coefficient (Wildman–Crippen LogP) is 3.11. The Balaban J connectivity index is 0.00000176. The number of nitrogens with zero attached hydrogens (tertiary/aromatic N) is 1. The van der Waals surface area contributed by atoms with Crippen LogP contribution in [0.4, 0.5) is 5.69 Å². The van der Waals surface area contributed by atoms with Crippen molar-refractivity contribution in [3.05, 3.63) is 30.3 Å². The summed E-state index contributed by atoms with van der Waals surface area (Å²) in [7, 11) is 0. The van der Waals surface area contributed by atoms with Gasteiger partial charge in [0.2, 0.25) is 0 Å². The molecule has 1 saturated heterocycles. The first-order valence-corrected chi connectivity index (χ1v) is 7.70. The van der Waals surface area contributed by atoms with Gasteiger partial charge >= 0.3 is 0 Å². The predicted molar refractivity (Wildman–Crippen MR) is 98.6 cm³/mol. The van der Waals surface area contributed by atoms with Gasteiger partial charge in [-0.1, -0.05) is 24.6 Å². The van der Waals surface area contributed by atoms with Crippen LogP contribution in [0.1, 0.15) is 32.1 Å². The number of aliphatic imine (C=N–C) groups is 1. The van der Waals surface area contributed by atoms with Gasteiger partial charge < -0.3 is 20.5 Å². The molecule has 5 nitrogen and oxygen atoms in total. The van der Waals surface area contributed by atoms with Crippen molar-refractivity contribution in [2.45, 2.75) is 44.0 Å². The summed E-state index contributed by atoms with van der Waals surface area (Å²) in [6.45, 7) is 1.15. The molecule has 1 heterocycles. The molecule has 1 aliphatic heterocycles. The van der Waals surface area contributed by atoms with E-state index in [2.05, 4.69) is 10.3 Å². The Bertz CT molecular complexity index is 489. The van der Waals surface area contributed by atoms with Crippen molar-refractivity contribution in [2.24, 2.45) is 10.7 Å². The van der Waals surface area contributed by atoms with Crippen molar-refractivity contribution < 1.29 is 9.47 Å². The molecular formula is C16H24IN3O2. The van der Waals surface area contributed by atoms with E-state index in [9.17, 15) is 0 Å². The van der Waals surface area contributed by atoms with Crippen LogP contribution < -0.4 is 11.1 Å². The molecule has 0 bridgehead atoms. The van der Waals surface area contributed by atoms with E-state index in [0.29, 0.717) is 19.1 Å². The van der Waals surface area contributed by atoms with Gasteiger partial charge in [0.25, 0.3) is 0 Å². The van der Waals surface area contributed by atoms with E-state index in [1.807, 2.05) is 30.3 Å². The van der Waals surface area contributed by atoms with Crippen LogP contribution in [0.15, 0.2) is 35.3 Å². The molecule has 2 fully saturated rings. The number of guanidine groups is 1. The van der Waals surface area contributed by atoms with E-state index in [4.69, 9.17) is 15.2 Å². The molecule has 122 valence electrons. The zero-order valence-electron chi connectivity index (χ0n) is 12.7. The van der Waals surface area contributed by atoms with Crippen LogP contribution in [-0.4, -0.2) is 31.0 Å². The third-order valence-electron chi connectivity index (χ3n) is 4.04. The Morgan fingerprint density at radius 2 is 1.95 bits per heavy atom. The third-order valence-corrected chi connectivity index (χ3v) is 4.04. The summed E-state index contributed by atoms with van der Waals surface area (Å²) in [5.41, 5.74) is 6.83. The zero-order chi connectivity index (χ0) is 14.5. The topological polar surface area (TPSA) is 68.9 Å². The first-order chi connectivity index (χ1) is 10.3. The highest BCUT2D eigenvalue weighted by Gasteiger charge is 2.41. The minimum absolute atomic E-state index is 0. The summed E-state index contributed by atoms with van der Waals surface area (Å²) in [6.07, 6.45) is 5.68. The highest BCUT2D eigenvalue weighted by atomic mass is 127. The maximum atomic E-state index is 6.08. The largest absolute Gasteiger partial charge is 0.370 e. The van der Waals surface area contributed by atoms with E-state index in [0.717, 1.165) is 18.5 Å². The Morgan fingerprint density at radius 1 is 1.23 bits per heavy atom. The quantitative estimate of drug-likeness (QED) is 0.451. The number of benzene rings is 1. The van der Waals surface area contributed by atoms with Crippen LogP contribution in [0.25, 0.3) is 0 Å². The zero-order valence-corrected chi connectivity index (χ0v) is 15.0. The first kappa shape index (κ1) is 17.5. The van der Waals surface area contributed by atoms with Crippen LogP contribution in [0, 0.1) is 0 Å². The molecule has 0 amide bonds. The lowest BCUT2D eigenvalue weighted by Crippen LogP contribution is -2.34. The molecule has 1 unspecified atom stereocenters. The second kappa shape index (κ2) is 8.12. The number of para-hydroxylation sites is 1. The molecule has 3 N–H and O–H groups in total. The number of nitrogens with two attached hydrogens (primary N) is 1. The summed E-state index contributed by atoms with van der Waals surface area (Å²) < 4.78 is 12.0. The Morgan fingerprint density at radius 3 is 2.68 bits per heavy atom. The van der Waals surface area contributed by atoms with Gasteiger partial charge in [-0.05, 0) is 25.0 Å². The lowest BCUT2D eigenvalue weighted by Gasteiger charge is -2.31. The van der Waals surface area contributed by atoms with Crippen molar-refractivity contribution in [2.75, 3.05) is 18.5 Å². The molecule has 1 spiro atoms. The first-order valence-electron chi connectivity index (χ1n) is 7.70. The summed E-state index contributed by atoms with van der Waals surface area (Å²) in [5.74, 6) is 0.0782. The number of hydrogen-bond donors (Lipinski definition) is 2. The number of ether oxygens (including phenoxy) is 2. The number of nitrogens with one attached hydrogen (secondary N) is 1. The van der Waals surface area contributed by atoms with Crippen LogP contribution in [-0.2, 0) is 9.47 Å². The monoisotopic (exact) mass is 417 g/mol. The Labute approximate surface area is 148 Å². The van der Waals surface area contributed by atoms with Crippen LogP contribution in [0.2, 0.25) is 0 Å². The van der Waals surface area contributed by atoms with Crippen LogP contribution in [0.3, 0.4) is 0 Å². The molecule has 6 heteroatoms. The lowest BCUT2D eigenvalue weighted by molar-refractivity contribution is -0.186. The van der Waals surface area contributed by atoms with Crippen molar-refractivity contribution in [3.8, 4) is 0 Å². The summed E-state index contributed by atoms with van der Waals surface area (Å²) in [6, 6.07) is 9.78. The van der Waals surface area contributed by atoms with Gasteiger partial charge in [-0.3, -0.25) is 4.99 Å². The fraction of sp³-hybridized carbons (Fsp3) is 0.562. The Kier molecular flexibility index (Phi) is 6.46. The molecule has 3 rings (SSSR count). The van der Waals surface area contributed by atoms with Gasteiger partial charge in [-0.15, -0.1) is 24.0 Å². The van der Waals surface area contributed by atoms with Crippen LogP contribution >= 0.6 is 24.0 Å². The maximum absolute atomic E-state index is 6.08. The number of rotatable bonds is 3. The molecule has 22 heavy (non-hydrogen) atoms. The molecule has 1 aliphatic carbocycles. The van der Waals surface area contributed by atoms with Gasteiger partial charge in [0.1, 0.15) is 6.10 Å². The van der Waals surface area contributed by atoms with Crippen molar-refractivity contribution in [1.29, 1.82) is 0 Å². The molecule has 2 aliphatic rings. The summed E-state index contributed by atoms with van der Waals surface area (Å²) in [4.78, 5) is 4.36. The highest BCUT2D eigenvalue weighted by molar-refractivity contribution is 14.0. The minimum Gasteiger partial charge on any atom is -0.370 e. The third kappa shape index (κ3) is 4.57. The Hall–Kier alpha value is -0.860. The maximum Gasteiger partial charge on any atom is 0.193 e. The minimum atomic E-state index is -0.333. The van der Waals surface area contributed by atoms with Crippen molar-refractivity contribution >= 4 is 35.6 Å². The number of anilines is 1. The standard InChI is InChI=1S/C16H23N3O2.HI/c17-15(19-13-7-3-1-4-8-13)18-11-14-12-20-16(21-14)9-5-2-6-10-16;/h1,3-4,7-8,14H,2,5-6,9-12H2,(H3,17,18,19);1H. The number of halogens is 1. The fourth-order valence-corrected chi connectivity index (χ4v) is 2.97. The summed E-state index contributed by atoms with van der Waals surface area (Å²) in [5, 5.41) is 3.07. The number of hydrogen-bond acceptors (Lipinski definition) is 3. The van der Waals surface area contributed by atoms with E-state index < -0.39 is 0 Å². The normalized spacial score (nSPS) is 24.0. The second-order valence-corrected chi connectivity index (χ2v) is 5.74. The van der Waals surface area contributed by atoms with Gasteiger partial charge in [-0.2, -0.15) is 0 Å². The van der Waals surface area contributed by atoms with Crippen LogP contribution in [0.5, 0.6) is 0 Å². The SMILES string of the molecule is I.NC(=NCC1COC2(CCCCC2)O1)Nc1ccccc1. The molecule has 1 saturated carbocycles. The molecule has 1 aromatic rings. The van der Waals surface area contributed by atoms with E-state index in [1.54, 1.807) is 0 Å². The highest BCUT2D eigenvalue weighted by Crippen LogP contribution is 2.37. The molecule has 0 radical (unpaired) electrons. The van der Waals surface area contributed by atoms with E-state index in [1.165, 1.54) is 19.3 Å². The van der Waals surface area contributed by atoms with Gasteiger partial charge in [0.05, 0.1) is 13.2 Å². The average Bonchev–Trinajstić information content (AvgIpc) is 2.90. The van der Waals surface area contributed by atoms with Crippen molar-refractivity contribution in [3.63, 3.8) is 0 Å². The second-order valence-electron chi connectivity index (χ2n) is 5.74. The summed E-state index contributed by atoms with van der Waals surface area (Å²) >= 11 is 0. The van der Waals surface area contributed by atoms with Crippen molar-refractivity contribution in [1.82, 2.24) is 0 Å². The van der Waals surface area contributed by atoms with E-state index in [-0.39, 0.29) is 35.9 Å². The fourth-order valence-electron chi connectivity index (χ4n) is 2.97. The molecular weight excluding hydrogens is 393 g/mol. The molecule has 1 aromatic carbocycles. The lowest BCUT2D eigenvalue weighted by atomic mass is 9.94. The average molecular weight is 417 g/mol. The molecule has 0 aromatic heterocycles. The van der Waals surface area contributed by atoms with Gasteiger partial charge in [0.15, 0.2) is 11.7 Å². The van der Waals surface area contributed by atoms with E-state index >= 15 is 0 Å². The molecule has 1 atom stereocenters.